The molecule has 0 aromatic heterocycles. The fraction of sp³-hybridized carbons (Fsp3) is 0.227. The van der Waals surface area contributed by atoms with Crippen LogP contribution in [0.2, 0.25) is 0 Å². The maximum absolute atomic E-state index is 12.7. The number of amides is 3. The Kier molecular flexibility index (Phi) is 6.69. The number of hydrogen-bond acceptors (Lipinski definition) is 6. The summed E-state index contributed by atoms with van der Waals surface area (Å²) in [6, 6.07) is 13.8. The number of hydrogen-bond donors (Lipinski definition) is 1. The van der Waals surface area contributed by atoms with Gasteiger partial charge in [-0.05, 0) is 36.3 Å². The lowest BCUT2D eigenvalue weighted by molar-refractivity contribution is -0.142. The van der Waals surface area contributed by atoms with Crippen molar-refractivity contribution in [1.29, 1.82) is 0 Å². The number of urea groups is 1. The fourth-order valence-electron chi connectivity index (χ4n) is 2.85. The lowest BCUT2D eigenvalue weighted by Gasteiger charge is -2.12. The largest absolute Gasteiger partial charge is 0.490 e. The minimum Gasteiger partial charge on any atom is -0.490 e. The Hall–Kier alpha value is -3.81. The Labute approximate surface area is 174 Å². The van der Waals surface area contributed by atoms with Crippen molar-refractivity contribution in [1.82, 2.24) is 10.2 Å². The number of ether oxygens (including phenoxy) is 3. The van der Waals surface area contributed by atoms with Crippen LogP contribution in [0.5, 0.6) is 11.5 Å². The van der Waals surface area contributed by atoms with Gasteiger partial charge in [0.2, 0.25) is 0 Å². The first-order valence-electron chi connectivity index (χ1n) is 9.36. The van der Waals surface area contributed by atoms with E-state index in [4.69, 9.17) is 9.47 Å². The molecule has 3 rings (SSSR count). The van der Waals surface area contributed by atoms with Gasteiger partial charge in [-0.1, -0.05) is 36.4 Å². The van der Waals surface area contributed by atoms with Crippen LogP contribution in [-0.4, -0.2) is 43.1 Å². The minimum atomic E-state index is -0.513. The first-order valence-corrected chi connectivity index (χ1v) is 9.36. The first-order chi connectivity index (χ1) is 14.5. The van der Waals surface area contributed by atoms with Gasteiger partial charge in [0.05, 0.1) is 20.3 Å². The molecule has 0 saturated carbocycles. The number of carbonyl (C=O) groups is 3. The second kappa shape index (κ2) is 9.60. The van der Waals surface area contributed by atoms with Crippen molar-refractivity contribution in [3.63, 3.8) is 0 Å². The van der Waals surface area contributed by atoms with Gasteiger partial charge in [-0.3, -0.25) is 9.69 Å². The van der Waals surface area contributed by atoms with Crippen LogP contribution in [0.15, 0.2) is 54.2 Å². The molecule has 30 heavy (non-hydrogen) atoms. The quantitative estimate of drug-likeness (QED) is 0.409. The molecule has 2 aromatic carbocycles. The number of methoxy groups -OCH3 is 1. The zero-order valence-electron chi connectivity index (χ0n) is 16.7. The number of carbonyl (C=O) groups excluding carboxylic acids is 3. The van der Waals surface area contributed by atoms with Crippen molar-refractivity contribution in [2.45, 2.75) is 13.5 Å². The predicted octanol–water partition coefficient (Wildman–Crippen LogP) is 2.73. The molecule has 0 radical (unpaired) electrons. The van der Waals surface area contributed by atoms with E-state index in [1.165, 1.54) is 7.11 Å². The zero-order valence-corrected chi connectivity index (χ0v) is 16.7. The zero-order chi connectivity index (χ0) is 21.5. The molecular formula is C22H22N2O6. The van der Waals surface area contributed by atoms with Gasteiger partial charge in [-0.25, -0.2) is 9.59 Å². The van der Waals surface area contributed by atoms with Crippen molar-refractivity contribution in [2.75, 3.05) is 20.3 Å². The first kappa shape index (κ1) is 20.9. The van der Waals surface area contributed by atoms with E-state index in [1.807, 2.05) is 37.3 Å². The highest BCUT2D eigenvalue weighted by Gasteiger charge is 2.33. The van der Waals surface area contributed by atoms with Crippen LogP contribution in [0.25, 0.3) is 6.08 Å². The van der Waals surface area contributed by atoms with Crippen LogP contribution in [0, 0.1) is 0 Å². The average Bonchev–Trinajstić information content (AvgIpc) is 3.01. The molecule has 1 fully saturated rings. The number of nitrogens with one attached hydrogen (secondary N) is 1. The Morgan fingerprint density at radius 2 is 1.83 bits per heavy atom. The van der Waals surface area contributed by atoms with E-state index in [2.05, 4.69) is 10.1 Å². The van der Waals surface area contributed by atoms with Crippen molar-refractivity contribution < 1.29 is 28.6 Å². The molecule has 2 aromatic rings. The van der Waals surface area contributed by atoms with E-state index in [-0.39, 0.29) is 18.8 Å². The lowest BCUT2D eigenvalue weighted by Crippen LogP contribution is -2.30. The van der Waals surface area contributed by atoms with Gasteiger partial charge in [0.15, 0.2) is 18.1 Å². The van der Waals surface area contributed by atoms with E-state index in [9.17, 15) is 14.4 Å². The third kappa shape index (κ3) is 4.96. The predicted molar refractivity (Wildman–Crippen MR) is 109 cm³/mol. The van der Waals surface area contributed by atoms with Gasteiger partial charge >= 0.3 is 12.0 Å². The number of nitrogens with zero attached hydrogens (tertiary/aromatic N) is 1. The smallest absolute Gasteiger partial charge is 0.343 e. The summed E-state index contributed by atoms with van der Waals surface area (Å²) in [7, 11) is 1.28. The highest BCUT2D eigenvalue weighted by atomic mass is 16.6. The summed E-state index contributed by atoms with van der Waals surface area (Å²) in [5.41, 5.74) is 1.66. The summed E-state index contributed by atoms with van der Waals surface area (Å²) in [6.07, 6.45) is 1.57. The molecule has 0 unspecified atom stereocenters. The average molecular weight is 410 g/mol. The summed E-state index contributed by atoms with van der Waals surface area (Å²) in [6.45, 7) is 2.14. The van der Waals surface area contributed by atoms with E-state index in [0.29, 0.717) is 23.7 Å². The minimum absolute atomic E-state index is 0.168. The van der Waals surface area contributed by atoms with Crippen molar-refractivity contribution in [3.05, 3.63) is 65.4 Å². The molecule has 0 aliphatic carbocycles. The molecule has 0 bridgehead atoms. The summed E-state index contributed by atoms with van der Waals surface area (Å²) in [4.78, 5) is 37.4. The Balaban J connectivity index is 1.78. The third-order valence-electron chi connectivity index (χ3n) is 4.30. The van der Waals surface area contributed by atoms with Crippen LogP contribution < -0.4 is 14.8 Å². The second-order valence-corrected chi connectivity index (χ2v) is 6.37. The second-order valence-electron chi connectivity index (χ2n) is 6.37. The third-order valence-corrected chi connectivity index (χ3v) is 4.30. The molecule has 3 amide bonds. The van der Waals surface area contributed by atoms with E-state index in [1.54, 1.807) is 24.3 Å². The summed E-state index contributed by atoms with van der Waals surface area (Å²) < 4.78 is 15.6. The summed E-state index contributed by atoms with van der Waals surface area (Å²) in [5.74, 6) is -0.139. The molecule has 1 aliphatic rings. The fourth-order valence-corrected chi connectivity index (χ4v) is 2.85. The summed E-state index contributed by atoms with van der Waals surface area (Å²) in [5, 5.41) is 2.60. The SMILES string of the molecule is CCOc1cc(/C=C2/NC(=O)N(Cc3ccccc3)C2=O)ccc1OCC(=O)OC. The van der Waals surface area contributed by atoms with Gasteiger partial charge in [-0.15, -0.1) is 0 Å². The molecule has 1 saturated heterocycles. The van der Waals surface area contributed by atoms with Crippen molar-refractivity contribution in [3.8, 4) is 11.5 Å². The van der Waals surface area contributed by atoms with Gasteiger partial charge in [-0.2, -0.15) is 0 Å². The number of benzene rings is 2. The van der Waals surface area contributed by atoms with E-state index in [0.717, 1.165) is 10.5 Å². The number of esters is 1. The molecule has 0 atom stereocenters. The topological polar surface area (TPSA) is 94.2 Å². The van der Waals surface area contributed by atoms with Crippen LogP contribution >= 0.6 is 0 Å². The Morgan fingerprint density at radius 3 is 2.53 bits per heavy atom. The number of imide groups is 1. The van der Waals surface area contributed by atoms with Crippen LogP contribution in [-0.2, 0) is 20.9 Å². The summed E-state index contributed by atoms with van der Waals surface area (Å²) >= 11 is 0. The highest BCUT2D eigenvalue weighted by Crippen LogP contribution is 2.30. The van der Waals surface area contributed by atoms with Crippen LogP contribution in [0.1, 0.15) is 18.1 Å². The van der Waals surface area contributed by atoms with E-state index < -0.39 is 17.9 Å². The van der Waals surface area contributed by atoms with Crippen LogP contribution in [0.4, 0.5) is 4.79 Å². The molecule has 8 nitrogen and oxygen atoms in total. The van der Waals surface area contributed by atoms with Gasteiger partial charge in [0.1, 0.15) is 5.70 Å². The van der Waals surface area contributed by atoms with Gasteiger partial charge < -0.3 is 19.5 Å². The van der Waals surface area contributed by atoms with Gasteiger partial charge in [0.25, 0.3) is 5.91 Å². The molecule has 1 aliphatic heterocycles. The standard InChI is InChI=1S/C22H22N2O6/c1-3-29-19-12-16(9-10-18(19)30-14-20(25)28-2)11-17-21(26)24(22(27)23-17)13-15-7-5-4-6-8-15/h4-12H,3,13-14H2,1-2H3,(H,23,27)/b17-11+. The maximum Gasteiger partial charge on any atom is 0.343 e. The van der Waals surface area contributed by atoms with Crippen molar-refractivity contribution >= 4 is 24.0 Å². The molecule has 156 valence electrons. The number of rotatable bonds is 8. The van der Waals surface area contributed by atoms with E-state index >= 15 is 0 Å². The highest BCUT2D eigenvalue weighted by molar-refractivity contribution is 6.13. The van der Waals surface area contributed by atoms with Gasteiger partial charge in [0, 0.05) is 0 Å². The Bertz CT molecular complexity index is 971. The molecule has 1 heterocycles. The molecule has 0 spiro atoms. The normalized spacial score (nSPS) is 14.6. The molecule has 1 N–H and O–H groups in total. The Morgan fingerprint density at radius 1 is 1.07 bits per heavy atom. The monoisotopic (exact) mass is 410 g/mol. The van der Waals surface area contributed by atoms with Crippen molar-refractivity contribution in [2.24, 2.45) is 0 Å². The maximum atomic E-state index is 12.7. The molecular weight excluding hydrogens is 388 g/mol. The van der Waals surface area contributed by atoms with Crippen LogP contribution in [0.3, 0.4) is 0 Å². The molecule has 8 heteroatoms. The lowest BCUT2D eigenvalue weighted by atomic mass is 10.1.